The number of anilines is 1. The molecule has 1 heterocycles. The van der Waals surface area contributed by atoms with Crippen molar-refractivity contribution in [3.63, 3.8) is 0 Å². The molecular weight excluding hydrogens is 320 g/mol. The Hall–Kier alpha value is -1.53. The number of nitrogens with zero attached hydrogens (tertiary/aromatic N) is 3. The summed E-state index contributed by atoms with van der Waals surface area (Å²) in [5.41, 5.74) is 0.691. The summed E-state index contributed by atoms with van der Waals surface area (Å²) in [6.07, 6.45) is 0.874. The van der Waals surface area contributed by atoms with Crippen LogP contribution in [0.3, 0.4) is 0 Å². The molecule has 22 heavy (non-hydrogen) atoms. The Morgan fingerprint density at radius 3 is 2.86 bits per heavy atom. The molecule has 2 aromatic rings. The van der Waals surface area contributed by atoms with E-state index in [1.54, 1.807) is 24.3 Å². The molecule has 118 valence electrons. The maximum Gasteiger partial charge on any atom is 0.234 e. The first-order valence-corrected chi connectivity index (χ1v) is 8.38. The van der Waals surface area contributed by atoms with Crippen molar-refractivity contribution in [1.29, 1.82) is 0 Å². The lowest BCUT2D eigenvalue weighted by Gasteiger charge is -2.06. The zero-order chi connectivity index (χ0) is 16.1. The van der Waals surface area contributed by atoms with E-state index in [1.807, 2.05) is 11.6 Å². The molecule has 0 spiro atoms. The minimum atomic E-state index is -0.0966. The van der Waals surface area contributed by atoms with Crippen LogP contribution in [0.4, 0.5) is 5.69 Å². The molecule has 0 bridgehead atoms. The molecule has 1 amide bonds. The molecule has 0 atom stereocenters. The third kappa shape index (κ3) is 4.74. The van der Waals surface area contributed by atoms with E-state index < -0.39 is 0 Å². The summed E-state index contributed by atoms with van der Waals surface area (Å²) in [7, 11) is 1.93. The van der Waals surface area contributed by atoms with Crippen molar-refractivity contribution in [2.24, 2.45) is 13.0 Å². The second-order valence-electron chi connectivity index (χ2n) is 5.40. The molecule has 5 nitrogen and oxygen atoms in total. The monoisotopic (exact) mass is 338 g/mol. The Morgan fingerprint density at radius 1 is 1.41 bits per heavy atom. The minimum absolute atomic E-state index is 0.0966. The lowest BCUT2D eigenvalue weighted by Crippen LogP contribution is -2.14. The van der Waals surface area contributed by atoms with Crippen LogP contribution in [0.1, 0.15) is 19.7 Å². The Morgan fingerprint density at radius 2 is 2.18 bits per heavy atom. The van der Waals surface area contributed by atoms with E-state index in [2.05, 4.69) is 29.4 Å². The highest BCUT2D eigenvalue weighted by Gasteiger charge is 2.12. The fourth-order valence-corrected chi connectivity index (χ4v) is 2.83. The first-order valence-electron chi connectivity index (χ1n) is 7.02. The Labute approximate surface area is 139 Å². The molecule has 0 saturated heterocycles. The van der Waals surface area contributed by atoms with Gasteiger partial charge in [0.25, 0.3) is 0 Å². The number of rotatable bonds is 6. The van der Waals surface area contributed by atoms with Crippen molar-refractivity contribution in [3.8, 4) is 0 Å². The Bertz CT molecular complexity index is 657. The SMILES string of the molecule is CC(C)Cc1nnc(SCC(=O)Nc2cccc(Cl)c2)n1C. The summed E-state index contributed by atoms with van der Waals surface area (Å²) in [6, 6.07) is 7.08. The molecule has 0 saturated carbocycles. The molecule has 7 heteroatoms. The molecule has 0 aliphatic heterocycles. The third-order valence-electron chi connectivity index (χ3n) is 2.96. The number of nitrogens with one attached hydrogen (secondary N) is 1. The average Bonchev–Trinajstić information content (AvgIpc) is 2.77. The summed E-state index contributed by atoms with van der Waals surface area (Å²) < 4.78 is 1.94. The van der Waals surface area contributed by atoms with Crippen LogP contribution in [-0.4, -0.2) is 26.4 Å². The second-order valence-corrected chi connectivity index (χ2v) is 6.78. The van der Waals surface area contributed by atoms with Gasteiger partial charge < -0.3 is 9.88 Å². The number of thioether (sulfide) groups is 1. The maximum absolute atomic E-state index is 12.0. The van der Waals surface area contributed by atoms with Crippen molar-refractivity contribution in [2.75, 3.05) is 11.1 Å². The zero-order valence-electron chi connectivity index (χ0n) is 12.8. The number of aromatic nitrogens is 3. The van der Waals surface area contributed by atoms with Gasteiger partial charge in [0.15, 0.2) is 5.16 Å². The van der Waals surface area contributed by atoms with Crippen LogP contribution in [0.25, 0.3) is 0 Å². The van der Waals surface area contributed by atoms with Crippen LogP contribution < -0.4 is 5.32 Å². The predicted molar refractivity (Wildman–Crippen MR) is 90.4 cm³/mol. The molecule has 1 aromatic heterocycles. The zero-order valence-corrected chi connectivity index (χ0v) is 14.4. The van der Waals surface area contributed by atoms with Gasteiger partial charge in [0, 0.05) is 24.2 Å². The number of amides is 1. The van der Waals surface area contributed by atoms with E-state index in [4.69, 9.17) is 11.6 Å². The number of hydrogen-bond donors (Lipinski definition) is 1. The van der Waals surface area contributed by atoms with Crippen molar-refractivity contribution >= 4 is 35.0 Å². The lowest BCUT2D eigenvalue weighted by molar-refractivity contribution is -0.113. The van der Waals surface area contributed by atoms with Gasteiger partial charge in [-0.1, -0.05) is 43.3 Å². The number of carbonyl (C=O) groups is 1. The Balaban J connectivity index is 1.90. The van der Waals surface area contributed by atoms with Crippen molar-refractivity contribution < 1.29 is 4.79 Å². The number of hydrogen-bond acceptors (Lipinski definition) is 4. The van der Waals surface area contributed by atoms with Crippen LogP contribution >= 0.6 is 23.4 Å². The number of benzene rings is 1. The van der Waals surface area contributed by atoms with Gasteiger partial charge >= 0.3 is 0 Å². The average molecular weight is 339 g/mol. The van der Waals surface area contributed by atoms with Gasteiger partial charge in [0.05, 0.1) is 5.75 Å². The second kappa shape index (κ2) is 7.65. The van der Waals surface area contributed by atoms with Crippen molar-refractivity contribution in [3.05, 3.63) is 35.1 Å². The molecular formula is C15H19ClN4OS. The fourth-order valence-electron chi connectivity index (χ4n) is 1.91. The molecule has 0 aliphatic carbocycles. The largest absolute Gasteiger partial charge is 0.325 e. The normalized spacial score (nSPS) is 11.0. The summed E-state index contributed by atoms with van der Waals surface area (Å²) in [5.74, 6) is 1.64. The van der Waals surface area contributed by atoms with Crippen LogP contribution in [0.2, 0.25) is 5.02 Å². The van der Waals surface area contributed by atoms with Crippen LogP contribution in [-0.2, 0) is 18.3 Å². The summed E-state index contributed by atoms with van der Waals surface area (Å²) >= 11 is 7.26. The van der Waals surface area contributed by atoms with E-state index >= 15 is 0 Å². The first kappa shape index (κ1) is 16.8. The predicted octanol–water partition coefficient (Wildman–Crippen LogP) is 3.40. The molecule has 2 rings (SSSR count). The standard InChI is InChI=1S/C15H19ClN4OS/c1-10(2)7-13-18-19-15(20(13)3)22-9-14(21)17-12-6-4-5-11(16)8-12/h4-6,8,10H,7,9H2,1-3H3,(H,17,21). The quantitative estimate of drug-likeness (QED) is 0.820. The number of carbonyl (C=O) groups excluding carboxylic acids is 1. The van der Waals surface area contributed by atoms with Gasteiger partial charge in [-0.25, -0.2) is 0 Å². The topological polar surface area (TPSA) is 59.8 Å². The molecule has 1 aromatic carbocycles. The van der Waals surface area contributed by atoms with Gasteiger partial charge in [0.1, 0.15) is 5.82 Å². The first-order chi connectivity index (χ1) is 10.5. The van der Waals surface area contributed by atoms with Crippen LogP contribution in [0.15, 0.2) is 29.4 Å². The van der Waals surface area contributed by atoms with Gasteiger partial charge in [-0.15, -0.1) is 10.2 Å². The van der Waals surface area contributed by atoms with Gasteiger partial charge in [-0.05, 0) is 24.1 Å². The van der Waals surface area contributed by atoms with E-state index in [9.17, 15) is 4.79 Å². The molecule has 1 N–H and O–H groups in total. The smallest absolute Gasteiger partial charge is 0.234 e. The van der Waals surface area contributed by atoms with Crippen LogP contribution in [0, 0.1) is 5.92 Å². The highest BCUT2D eigenvalue weighted by Crippen LogP contribution is 2.19. The molecule has 0 unspecified atom stereocenters. The molecule has 0 fully saturated rings. The fraction of sp³-hybridized carbons (Fsp3) is 0.400. The summed E-state index contributed by atoms with van der Waals surface area (Å²) in [6.45, 7) is 4.28. The van der Waals surface area contributed by atoms with Crippen molar-refractivity contribution in [2.45, 2.75) is 25.4 Å². The van der Waals surface area contributed by atoms with E-state index in [1.165, 1.54) is 11.8 Å². The Kier molecular flexibility index (Phi) is 5.85. The lowest BCUT2D eigenvalue weighted by atomic mass is 10.1. The summed E-state index contributed by atoms with van der Waals surface area (Å²) in [5, 5.41) is 12.5. The third-order valence-corrected chi connectivity index (χ3v) is 4.21. The van der Waals surface area contributed by atoms with E-state index in [0.29, 0.717) is 16.6 Å². The highest BCUT2D eigenvalue weighted by atomic mass is 35.5. The molecule has 0 radical (unpaired) electrons. The van der Waals surface area contributed by atoms with E-state index in [-0.39, 0.29) is 11.7 Å². The highest BCUT2D eigenvalue weighted by molar-refractivity contribution is 7.99. The summed E-state index contributed by atoms with van der Waals surface area (Å²) in [4.78, 5) is 12.0. The minimum Gasteiger partial charge on any atom is -0.325 e. The van der Waals surface area contributed by atoms with Gasteiger partial charge in [-0.3, -0.25) is 4.79 Å². The molecule has 0 aliphatic rings. The van der Waals surface area contributed by atoms with Crippen LogP contribution in [0.5, 0.6) is 0 Å². The number of halogens is 1. The van der Waals surface area contributed by atoms with Crippen molar-refractivity contribution in [1.82, 2.24) is 14.8 Å². The van der Waals surface area contributed by atoms with Gasteiger partial charge in [0.2, 0.25) is 5.91 Å². The van der Waals surface area contributed by atoms with Gasteiger partial charge in [-0.2, -0.15) is 0 Å². The van der Waals surface area contributed by atoms with E-state index in [0.717, 1.165) is 17.4 Å². The maximum atomic E-state index is 12.0.